The predicted molar refractivity (Wildman–Crippen MR) is 61.3 cm³/mol. The van der Waals surface area contributed by atoms with Crippen molar-refractivity contribution in [1.82, 2.24) is 0 Å². The first-order valence-electron chi connectivity index (χ1n) is 4.88. The van der Waals surface area contributed by atoms with Gasteiger partial charge in [0.05, 0.1) is 0 Å². The van der Waals surface area contributed by atoms with Crippen molar-refractivity contribution < 1.29 is 9.52 Å². The highest BCUT2D eigenvalue weighted by atomic mass is 32.1. The Labute approximate surface area is 93.2 Å². The van der Waals surface area contributed by atoms with Crippen LogP contribution in [0.5, 0.6) is 0 Å². The maximum Gasteiger partial charge on any atom is 0.108 e. The molecule has 2 aromatic heterocycles. The molecular weight excluding hydrogens is 208 g/mol. The van der Waals surface area contributed by atoms with E-state index >= 15 is 0 Å². The number of thiophene rings is 1. The van der Waals surface area contributed by atoms with Crippen LogP contribution in [0.15, 0.2) is 21.2 Å². The third-order valence-corrected chi connectivity index (χ3v) is 3.45. The third-order valence-electron chi connectivity index (χ3n) is 2.75. The number of aliphatic hydroxyl groups is 1. The number of aliphatic hydroxyl groups excluding tert-OH is 1. The molecule has 0 saturated heterocycles. The van der Waals surface area contributed by atoms with Crippen LogP contribution in [0, 0.1) is 20.8 Å². The molecule has 0 radical (unpaired) electrons. The van der Waals surface area contributed by atoms with Crippen molar-refractivity contribution in [2.75, 3.05) is 0 Å². The van der Waals surface area contributed by atoms with Gasteiger partial charge in [-0.3, -0.25) is 0 Å². The van der Waals surface area contributed by atoms with Crippen molar-refractivity contribution in [3.63, 3.8) is 0 Å². The quantitative estimate of drug-likeness (QED) is 0.845. The SMILES string of the molecule is Cc1oc(C)c(C(O)c2ccsc2)c1C. The molecule has 0 bridgehead atoms. The summed E-state index contributed by atoms with van der Waals surface area (Å²) >= 11 is 1.59. The zero-order valence-corrected chi connectivity index (χ0v) is 9.89. The minimum absolute atomic E-state index is 0.561. The molecule has 1 N–H and O–H groups in total. The molecule has 3 heteroatoms. The molecule has 2 heterocycles. The molecule has 80 valence electrons. The molecule has 0 aliphatic rings. The van der Waals surface area contributed by atoms with Gasteiger partial charge in [-0.05, 0) is 48.7 Å². The number of hydrogen-bond acceptors (Lipinski definition) is 3. The highest BCUT2D eigenvalue weighted by molar-refractivity contribution is 7.07. The molecule has 15 heavy (non-hydrogen) atoms. The molecule has 0 spiro atoms. The first-order valence-corrected chi connectivity index (χ1v) is 5.82. The van der Waals surface area contributed by atoms with Crippen LogP contribution in [0.2, 0.25) is 0 Å². The standard InChI is InChI=1S/C12H14O2S/c1-7-8(2)14-9(3)11(7)12(13)10-4-5-15-6-10/h4-6,12-13H,1-3H3. The summed E-state index contributed by atoms with van der Waals surface area (Å²) in [7, 11) is 0. The number of hydrogen-bond donors (Lipinski definition) is 1. The van der Waals surface area contributed by atoms with E-state index in [1.54, 1.807) is 11.3 Å². The smallest absolute Gasteiger partial charge is 0.108 e. The molecule has 0 amide bonds. The topological polar surface area (TPSA) is 33.4 Å². The van der Waals surface area contributed by atoms with Gasteiger partial charge in [0.1, 0.15) is 17.6 Å². The van der Waals surface area contributed by atoms with Crippen LogP contribution in [0.4, 0.5) is 0 Å². The largest absolute Gasteiger partial charge is 0.466 e. The maximum absolute atomic E-state index is 10.2. The Morgan fingerprint density at radius 2 is 2.00 bits per heavy atom. The summed E-state index contributed by atoms with van der Waals surface area (Å²) in [5.74, 6) is 1.69. The molecule has 0 fully saturated rings. The van der Waals surface area contributed by atoms with Crippen molar-refractivity contribution in [2.24, 2.45) is 0 Å². The lowest BCUT2D eigenvalue weighted by molar-refractivity contribution is 0.218. The number of rotatable bonds is 2. The lowest BCUT2D eigenvalue weighted by Crippen LogP contribution is -2.00. The van der Waals surface area contributed by atoms with Gasteiger partial charge in [0.2, 0.25) is 0 Å². The molecule has 1 unspecified atom stereocenters. The summed E-state index contributed by atoms with van der Waals surface area (Å²) in [6.07, 6.45) is -0.561. The first-order chi connectivity index (χ1) is 7.11. The van der Waals surface area contributed by atoms with E-state index in [4.69, 9.17) is 4.42 Å². The Hall–Kier alpha value is -1.06. The summed E-state index contributed by atoms with van der Waals surface area (Å²) in [6.45, 7) is 5.80. The van der Waals surface area contributed by atoms with Gasteiger partial charge in [-0.2, -0.15) is 11.3 Å². The zero-order chi connectivity index (χ0) is 11.0. The molecule has 0 aliphatic heterocycles. The average molecular weight is 222 g/mol. The van der Waals surface area contributed by atoms with Gasteiger partial charge in [-0.25, -0.2) is 0 Å². The molecule has 0 saturated carbocycles. The second kappa shape index (κ2) is 3.83. The van der Waals surface area contributed by atoms with E-state index in [1.165, 1.54) is 0 Å². The number of furan rings is 1. The molecule has 0 aliphatic carbocycles. The van der Waals surface area contributed by atoms with E-state index in [9.17, 15) is 5.11 Å². The molecular formula is C12H14O2S. The van der Waals surface area contributed by atoms with Gasteiger partial charge < -0.3 is 9.52 Å². The monoisotopic (exact) mass is 222 g/mol. The Kier molecular flexibility index (Phi) is 2.67. The van der Waals surface area contributed by atoms with E-state index in [0.717, 1.165) is 28.2 Å². The van der Waals surface area contributed by atoms with Crippen LogP contribution in [-0.2, 0) is 0 Å². The Morgan fingerprint density at radius 1 is 1.27 bits per heavy atom. The van der Waals surface area contributed by atoms with E-state index < -0.39 is 6.10 Å². The predicted octanol–water partition coefficient (Wildman–Crippen LogP) is 3.35. The number of aryl methyl sites for hydroxylation is 2. The summed E-state index contributed by atoms with van der Waals surface area (Å²) in [5.41, 5.74) is 2.89. The highest BCUT2D eigenvalue weighted by Gasteiger charge is 2.20. The van der Waals surface area contributed by atoms with Gasteiger partial charge in [-0.15, -0.1) is 0 Å². The average Bonchev–Trinajstić information content (AvgIpc) is 2.76. The van der Waals surface area contributed by atoms with Gasteiger partial charge in [0.15, 0.2) is 0 Å². The van der Waals surface area contributed by atoms with Gasteiger partial charge in [0, 0.05) is 5.56 Å². The zero-order valence-electron chi connectivity index (χ0n) is 9.07. The van der Waals surface area contributed by atoms with Crippen LogP contribution in [0.1, 0.15) is 34.3 Å². The molecule has 0 aromatic carbocycles. The lowest BCUT2D eigenvalue weighted by atomic mass is 10.0. The van der Waals surface area contributed by atoms with Crippen LogP contribution < -0.4 is 0 Å². The van der Waals surface area contributed by atoms with Crippen LogP contribution >= 0.6 is 11.3 Å². The highest BCUT2D eigenvalue weighted by Crippen LogP contribution is 2.31. The van der Waals surface area contributed by atoms with Crippen molar-refractivity contribution >= 4 is 11.3 Å². The van der Waals surface area contributed by atoms with Crippen LogP contribution in [0.25, 0.3) is 0 Å². The molecule has 2 nitrogen and oxygen atoms in total. The molecule has 2 rings (SSSR count). The minimum atomic E-state index is -0.561. The summed E-state index contributed by atoms with van der Waals surface area (Å²) < 4.78 is 5.51. The summed E-state index contributed by atoms with van der Waals surface area (Å²) in [4.78, 5) is 0. The fourth-order valence-electron chi connectivity index (χ4n) is 1.81. The van der Waals surface area contributed by atoms with Crippen LogP contribution in [-0.4, -0.2) is 5.11 Å². The lowest BCUT2D eigenvalue weighted by Gasteiger charge is -2.09. The normalized spacial score (nSPS) is 13.1. The molecule has 2 aromatic rings. The van der Waals surface area contributed by atoms with Gasteiger partial charge in [-0.1, -0.05) is 0 Å². The van der Waals surface area contributed by atoms with Crippen molar-refractivity contribution in [2.45, 2.75) is 26.9 Å². The van der Waals surface area contributed by atoms with Crippen LogP contribution in [0.3, 0.4) is 0 Å². The second-order valence-electron chi connectivity index (χ2n) is 3.71. The summed E-state index contributed by atoms with van der Waals surface area (Å²) in [5, 5.41) is 14.1. The van der Waals surface area contributed by atoms with Crippen molar-refractivity contribution in [3.8, 4) is 0 Å². The Morgan fingerprint density at radius 3 is 2.47 bits per heavy atom. The fraction of sp³-hybridized carbons (Fsp3) is 0.333. The second-order valence-corrected chi connectivity index (χ2v) is 4.49. The third kappa shape index (κ3) is 1.73. The van der Waals surface area contributed by atoms with Gasteiger partial charge in [0.25, 0.3) is 0 Å². The van der Waals surface area contributed by atoms with Crippen molar-refractivity contribution in [1.29, 1.82) is 0 Å². The van der Waals surface area contributed by atoms with E-state index in [1.807, 2.05) is 37.6 Å². The minimum Gasteiger partial charge on any atom is -0.466 e. The summed E-state index contributed by atoms with van der Waals surface area (Å²) in [6, 6.07) is 1.94. The Balaban J connectivity index is 2.46. The van der Waals surface area contributed by atoms with Gasteiger partial charge >= 0.3 is 0 Å². The first kappa shape index (κ1) is 10.5. The molecule has 1 atom stereocenters. The van der Waals surface area contributed by atoms with E-state index in [0.29, 0.717) is 0 Å². The van der Waals surface area contributed by atoms with E-state index in [-0.39, 0.29) is 0 Å². The van der Waals surface area contributed by atoms with Crippen molar-refractivity contribution in [3.05, 3.63) is 45.0 Å². The maximum atomic E-state index is 10.2. The van der Waals surface area contributed by atoms with E-state index in [2.05, 4.69) is 0 Å². The Bertz CT molecular complexity index is 454. The fourth-order valence-corrected chi connectivity index (χ4v) is 2.49.